The number of hydrogen-bond acceptors (Lipinski definition) is 4. The molecule has 0 bridgehead atoms. The van der Waals surface area contributed by atoms with Gasteiger partial charge in [0.2, 0.25) is 5.91 Å². The molecule has 0 saturated heterocycles. The molecule has 0 radical (unpaired) electrons. The second kappa shape index (κ2) is 10.1. The molecule has 5 heteroatoms. The standard InChI is InChI=1S/C25H23NO4/c1-29-22-15-13-20(14-16-22)24(19-6-4-3-5-7-19)26-23(27)17-10-18-8-11-21(12-9-18)25(28)30-2/h3-17,24H,1-2H3,(H,26,27)/b17-10+/t24-/m1/s1. The summed E-state index contributed by atoms with van der Waals surface area (Å²) in [6.45, 7) is 0. The van der Waals surface area contributed by atoms with Gasteiger partial charge in [-0.05, 0) is 47.0 Å². The van der Waals surface area contributed by atoms with Gasteiger partial charge in [-0.1, -0.05) is 54.6 Å². The van der Waals surface area contributed by atoms with Crippen LogP contribution in [0.3, 0.4) is 0 Å². The fraction of sp³-hybridized carbons (Fsp3) is 0.120. The molecule has 1 atom stereocenters. The Bertz CT molecular complexity index is 1010. The van der Waals surface area contributed by atoms with Crippen molar-refractivity contribution in [2.75, 3.05) is 14.2 Å². The number of carbonyl (C=O) groups is 2. The quantitative estimate of drug-likeness (QED) is 0.471. The number of carbonyl (C=O) groups excluding carboxylic acids is 2. The molecule has 1 amide bonds. The fourth-order valence-electron chi connectivity index (χ4n) is 3.01. The number of esters is 1. The normalized spacial score (nSPS) is 11.7. The van der Waals surface area contributed by atoms with Crippen LogP contribution in [0.2, 0.25) is 0 Å². The average molecular weight is 401 g/mol. The Labute approximate surface area is 176 Å². The van der Waals surface area contributed by atoms with Crippen LogP contribution in [-0.2, 0) is 9.53 Å². The first-order chi connectivity index (χ1) is 14.6. The molecule has 3 aromatic carbocycles. The summed E-state index contributed by atoms with van der Waals surface area (Å²) in [6.07, 6.45) is 3.18. The van der Waals surface area contributed by atoms with Crippen LogP contribution in [0.25, 0.3) is 6.08 Å². The summed E-state index contributed by atoms with van der Waals surface area (Å²) in [6, 6.07) is 23.9. The van der Waals surface area contributed by atoms with Crippen LogP contribution in [0, 0.1) is 0 Å². The zero-order chi connectivity index (χ0) is 21.3. The molecule has 0 aromatic heterocycles. The third-order valence-electron chi connectivity index (χ3n) is 4.63. The first kappa shape index (κ1) is 20.9. The Balaban J connectivity index is 1.76. The highest BCUT2D eigenvalue weighted by Gasteiger charge is 2.15. The first-order valence-corrected chi connectivity index (χ1v) is 9.46. The minimum absolute atomic E-state index is 0.225. The molecular formula is C25H23NO4. The minimum Gasteiger partial charge on any atom is -0.497 e. The van der Waals surface area contributed by atoms with Gasteiger partial charge in [0.15, 0.2) is 0 Å². The van der Waals surface area contributed by atoms with E-state index in [2.05, 4.69) is 10.1 Å². The molecule has 0 aliphatic heterocycles. The van der Waals surface area contributed by atoms with Gasteiger partial charge >= 0.3 is 5.97 Å². The highest BCUT2D eigenvalue weighted by Crippen LogP contribution is 2.24. The van der Waals surface area contributed by atoms with E-state index in [1.165, 1.54) is 13.2 Å². The third-order valence-corrected chi connectivity index (χ3v) is 4.63. The van der Waals surface area contributed by atoms with Gasteiger partial charge in [0, 0.05) is 6.08 Å². The summed E-state index contributed by atoms with van der Waals surface area (Å²) < 4.78 is 9.91. The van der Waals surface area contributed by atoms with E-state index in [1.807, 2.05) is 54.6 Å². The molecule has 30 heavy (non-hydrogen) atoms. The van der Waals surface area contributed by atoms with E-state index in [1.54, 1.807) is 37.5 Å². The SMILES string of the molecule is COC(=O)c1ccc(/C=C/C(=O)N[C@H](c2ccccc2)c2ccc(OC)cc2)cc1. The molecule has 1 N–H and O–H groups in total. The molecule has 0 unspecified atom stereocenters. The van der Waals surface area contributed by atoms with Gasteiger partial charge < -0.3 is 14.8 Å². The molecule has 0 saturated carbocycles. The number of benzene rings is 3. The van der Waals surface area contributed by atoms with Gasteiger partial charge in [0.05, 0.1) is 25.8 Å². The molecule has 0 heterocycles. The maximum Gasteiger partial charge on any atom is 0.337 e. The zero-order valence-corrected chi connectivity index (χ0v) is 16.9. The van der Waals surface area contributed by atoms with E-state index < -0.39 is 5.97 Å². The predicted octanol–water partition coefficient (Wildman–Crippen LogP) is 4.40. The lowest BCUT2D eigenvalue weighted by Gasteiger charge is -2.19. The second-order valence-electron chi connectivity index (χ2n) is 6.57. The van der Waals surface area contributed by atoms with Crippen LogP contribution in [0.15, 0.2) is 84.9 Å². The zero-order valence-electron chi connectivity index (χ0n) is 16.9. The Morgan fingerprint density at radius 3 is 2.07 bits per heavy atom. The number of methoxy groups -OCH3 is 2. The summed E-state index contributed by atoms with van der Waals surface area (Å²) in [4.78, 5) is 24.1. The van der Waals surface area contributed by atoms with Gasteiger partial charge in [-0.15, -0.1) is 0 Å². The fourth-order valence-corrected chi connectivity index (χ4v) is 3.01. The number of amides is 1. The van der Waals surface area contributed by atoms with Crippen molar-refractivity contribution in [3.8, 4) is 5.75 Å². The molecular weight excluding hydrogens is 378 g/mol. The van der Waals surface area contributed by atoms with Crippen LogP contribution in [0.1, 0.15) is 33.1 Å². The molecule has 0 spiro atoms. The largest absolute Gasteiger partial charge is 0.497 e. The first-order valence-electron chi connectivity index (χ1n) is 9.46. The van der Waals surface area contributed by atoms with Crippen LogP contribution in [0.4, 0.5) is 0 Å². The number of rotatable bonds is 7. The number of ether oxygens (including phenoxy) is 2. The van der Waals surface area contributed by atoms with Gasteiger partial charge in [-0.2, -0.15) is 0 Å². The molecule has 3 aromatic rings. The monoisotopic (exact) mass is 401 g/mol. The summed E-state index contributed by atoms with van der Waals surface area (Å²) in [5.74, 6) is 0.136. The van der Waals surface area contributed by atoms with Crippen molar-refractivity contribution in [3.63, 3.8) is 0 Å². The maximum atomic E-state index is 12.6. The lowest BCUT2D eigenvalue weighted by atomic mass is 9.98. The van der Waals surface area contributed by atoms with Crippen molar-refractivity contribution < 1.29 is 19.1 Å². The second-order valence-corrected chi connectivity index (χ2v) is 6.57. The van der Waals surface area contributed by atoms with E-state index in [-0.39, 0.29) is 11.9 Å². The Morgan fingerprint density at radius 1 is 0.833 bits per heavy atom. The van der Waals surface area contributed by atoms with Gasteiger partial charge in [-0.3, -0.25) is 4.79 Å². The van der Waals surface area contributed by atoms with Crippen molar-refractivity contribution in [2.24, 2.45) is 0 Å². The summed E-state index contributed by atoms with van der Waals surface area (Å²) >= 11 is 0. The van der Waals surface area contributed by atoms with Crippen molar-refractivity contribution in [1.82, 2.24) is 5.32 Å². The maximum absolute atomic E-state index is 12.6. The Hall–Kier alpha value is -3.86. The molecule has 0 fully saturated rings. The Morgan fingerprint density at radius 2 is 1.47 bits per heavy atom. The summed E-state index contributed by atoms with van der Waals surface area (Å²) in [5.41, 5.74) is 3.19. The van der Waals surface area contributed by atoms with Crippen LogP contribution < -0.4 is 10.1 Å². The van der Waals surface area contributed by atoms with E-state index in [0.29, 0.717) is 5.56 Å². The van der Waals surface area contributed by atoms with Crippen LogP contribution >= 0.6 is 0 Å². The summed E-state index contributed by atoms with van der Waals surface area (Å²) in [5, 5.41) is 3.06. The molecule has 152 valence electrons. The molecule has 3 rings (SSSR count). The number of nitrogens with one attached hydrogen (secondary N) is 1. The van der Waals surface area contributed by atoms with E-state index in [4.69, 9.17) is 4.74 Å². The average Bonchev–Trinajstić information content (AvgIpc) is 2.81. The predicted molar refractivity (Wildman–Crippen MR) is 116 cm³/mol. The van der Waals surface area contributed by atoms with Gasteiger partial charge in [0.25, 0.3) is 0 Å². The smallest absolute Gasteiger partial charge is 0.337 e. The molecule has 5 nitrogen and oxygen atoms in total. The van der Waals surface area contributed by atoms with Gasteiger partial charge in [-0.25, -0.2) is 4.79 Å². The van der Waals surface area contributed by atoms with E-state index in [0.717, 1.165) is 22.4 Å². The van der Waals surface area contributed by atoms with Crippen molar-refractivity contribution in [3.05, 3.63) is 107 Å². The van der Waals surface area contributed by atoms with Gasteiger partial charge in [0.1, 0.15) is 5.75 Å². The number of hydrogen-bond donors (Lipinski definition) is 1. The minimum atomic E-state index is -0.395. The molecule has 0 aliphatic rings. The van der Waals surface area contributed by atoms with E-state index >= 15 is 0 Å². The highest BCUT2D eigenvalue weighted by molar-refractivity contribution is 5.93. The lowest BCUT2D eigenvalue weighted by molar-refractivity contribution is -0.116. The topological polar surface area (TPSA) is 64.6 Å². The molecule has 0 aliphatic carbocycles. The van der Waals surface area contributed by atoms with Crippen LogP contribution in [-0.4, -0.2) is 26.1 Å². The summed E-state index contributed by atoms with van der Waals surface area (Å²) in [7, 11) is 2.96. The van der Waals surface area contributed by atoms with Crippen LogP contribution in [0.5, 0.6) is 5.75 Å². The van der Waals surface area contributed by atoms with Crippen molar-refractivity contribution in [1.29, 1.82) is 0 Å². The Kier molecular flexibility index (Phi) is 7.00. The lowest BCUT2D eigenvalue weighted by Crippen LogP contribution is -2.27. The third kappa shape index (κ3) is 5.35. The highest BCUT2D eigenvalue weighted by atomic mass is 16.5. The van der Waals surface area contributed by atoms with Crippen molar-refractivity contribution >= 4 is 18.0 Å². The van der Waals surface area contributed by atoms with Crippen molar-refractivity contribution in [2.45, 2.75) is 6.04 Å². The van der Waals surface area contributed by atoms with E-state index in [9.17, 15) is 9.59 Å².